The van der Waals surface area contributed by atoms with E-state index in [0.29, 0.717) is 0 Å². The van der Waals surface area contributed by atoms with Crippen LogP contribution >= 0.6 is 0 Å². The Bertz CT molecular complexity index is 1370. The molecule has 1 fully saturated rings. The van der Waals surface area contributed by atoms with E-state index in [9.17, 15) is 28.1 Å². The molecule has 2 aromatic heterocycles. The van der Waals surface area contributed by atoms with E-state index in [1.54, 1.807) is 6.07 Å². The second kappa shape index (κ2) is 8.12. The van der Waals surface area contributed by atoms with E-state index < -0.39 is 20.5 Å². The van der Waals surface area contributed by atoms with Gasteiger partial charge in [0.15, 0.2) is 5.65 Å². The Morgan fingerprint density at radius 1 is 1.19 bits per heavy atom. The Morgan fingerprint density at radius 2 is 1.88 bits per heavy atom. The van der Waals surface area contributed by atoms with Crippen LogP contribution in [0.2, 0.25) is 0 Å². The van der Waals surface area contributed by atoms with Crippen molar-refractivity contribution in [3.05, 3.63) is 57.3 Å². The molecule has 4 rings (SSSR count). The fourth-order valence-corrected chi connectivity index (χ4v) is 4.38. The van der Waals surface area contributed by atoms with Gasteiger partial charge in [-0.25, -0.2) is 18.1 Å². The van der Waals surface area contributed by atoms with Gasteiger partial charge >= 0.3 is 0 Å². The summed E-state index contributed by atoms with van der Waals surface area (Å²) in [6, 6.07) is 5.96. The summed E-state index contributed by atoms with van der Waals surface area (Å²) in [5.41, 5.74) is -0.401. The summed E-state index contributed by atoms with van der Waals surface area (Å²) in [5, 5.41) is 15.5. The van der Waals surface area contributed by atoms with Crippen LogP contribution in [0.15, 0.2) is 41.6 Å². The molecule has 1 aromatic carbocycles. The Balaban J connectivity index is 1.58. The van der Waals surface area contributed by atoms with Crippen LogP contribution in [0.25, 0.3) is 16.7 Å². The molecular formula is C18H19N7O6S. The number of aromatic nitrogens is 4. The lowest BCUT2D eigenvalue weighted by Gasteiger charge is -2.33. The standard InChI is InChI=1S/C18H19N7O6S/c1-32(30,31)23-8-6-21(7-9-23)16(26)11-22-12-19-17-13(18(22)27)10-20-24(17)14-4-2-3-5-15(14)25(28)29/h2-5,10,12H,6-9,11H2,1H3. The van der Waals surface area contributed by atoms with Crippen LogP contribution in [0.5, 0.6) is 0 Å². The maximum absolute atomic E-state index is 12.9. The van der Waals surface area contributed by atoms with Crippen LogP contribution in [0.1, 0.15) is 0 Å². The molecule has 32 heavy (non-hydrogen) atoms. The van der Waals surface area contributed by atoms with Gasteiger partial charge in [-0.3, -0.25) is 24.3 Å². The molecule has 1 aliphatic heterocycles. The summed E-state index contributed by atoms with van der Waals surface area (Å²) >= 11 is 0. The number of carbonyl (C=O) groups excluding carboxylic acids is 1. The largest absolute Gasteiger partial charge is 0.338 e. The van der Waals surface area contributed by atoms with Gasteiger partial charge in [0.25, 0.3) is 11.2 Å². The number of nitrogens with zero attached hydrogens (tertiary/aromatic N) is 7. The molecule has 0 radical (unpaired) electrons. The molecule has 0 N–H and O–H groups in total. The summed E-state index contributed by atoms with van der Waals surface area (Å²) in [7, 11) is -3.32. The average molecular weight is 461 g/mol. The minimum absolute atomic E-state index is 0.111. The molecule has 0 atom stereocenters. The van der Waals surface area contributed by atoms with Gasteiger partial charge in [0.05, 0.1) is 17.4 Å². The predicted molar refractivity (Wildman–Crippen MR) is 113 cm³/mol. The van der Waals surface area contributed by atoms with Crippen molar-refractivity contribution in [2.75, 3.05) is 32.4 Å². The van der Waals surface area contributed by atoms with Crippen molar-refractivity contribution < 1.29 is 18.1 Å². The fourth-order valence-electron chi connectivity index (χ4n) is 3.55. The van der Waals surface area contributed by atoms with E-state index in [-0.39, 0.29) is 61.0 Å². The predicted octanol–water partition coefficient (Wildman–Crippen LogP) is -0.406. The lowest BCUT2D eigenvalue weighted by Crippen LogP contribution is -2.51. The zero-order chi connectivity index (χ0) is 23.0. The van der Waals surface area contributed by atoms with E-state index >= 15 is 0 Å². The molecule has 0 aliphatic carbocycles. The number of para-hydroxylation sites is 2. The van der Waals surface area contributed by atoms with Crippen molar-refractivity contribution in [2.24, 2.45) is 0 Å². The third kappa shape index (κ3) is 3.97. The number of rotatable bonds is 5. The maximum atomic E-state index is 12.9. The molecule has 0 spiro atoms. The summed E-state index contributed by atoms with van der Waals surface area (Å²) in [6.45, 7) is 0.577. The minimum atomic E-state index is -3.32. The van der Waals surface area contributed by atoms with Gasteiger partial charge in [0, 0.05) is 32.2 Å². The number of nitro groups is 1. The number of benzene rings is 1. The molecule has 3 heterocycles. The topological polar surface area (TPSA) is 154 Å². The van der Waals surface area contributed by atoms with Crippen molar-refractivity contribution in [3.8, 4) is 5.69 Å². The van der Waals surface area contributed by atoms with Crippen LogP contribution in [-0.4, -0.2) is 80.2 Å². The third-order valence-corrected chi connectivity index (χ3v) is 6.53. The van der Waals surface area contributed by atoms with Gasteiger partial charge in [-0.2, -0.15) is 9.40 Å². The van der Waals surface area contributed by atoms with Gasteiger partial charge in [-0.15, -0.1) is 0 Å². The SMILES string of the molecule is CS(=O)(=O)N1CCN(C(=O)Cn2cnc3c(cnn3-c3ccccc3[N+](=O)[O-])c2=O)CC1. The van der Waals surface area contributed by atoms with E-state index in [4.69, 9.17) is 0 Å². The molecule has 0 saturated carbocycles. The van der Waals surface area contributed by atoms with Crippen molar-refractivity contribution in [1.29, 1.82) is 0 Å². The summed E-state index contributed by atoms with van der Waals surface area (Å²) in [4.78, 5) is 42.0. The molecular weight excluding hydrogens is 442 g/mol. The molecule has 0 unspecified atom stereocenters. The highest BCUT2D eigenvalue weighted by Crippen LogP contribution is 2.23. The number of hydrogen-bond donors (Lipinski definition) is 0. The smallest absolute Gasteiger partial charge is 0.294 e. The molecule has 0 bridgehead atoms. The normalized spacial score (nSPS) is 15.2. The third-order valence-electron chi connectivity index (χ3n) is 5.23. The van der Waals surface area contributed by atoms with Gasteiger partial charge in [0.2, 0.25) is 15.9 Å². The lowest BCUT2D eigenvalue weighted by molar-refractivity contribution is -0.384. The van der Waals surface area contributed by atoms with Gasteiger partial charge in [-0.1, -0.05) is 12.1 Å². The van der Waals surface area contributed by atoms with Crippen LogP contribution in [-0.2, 0) is 21.4 Å². The minimum Gasteiger partial charge on any atom is -0.338 e. The van der Waals surface area contributed by atoms with E-state index in [2.05, 4.69) is 10.1 Å². The highest BCUT2D eigenvalue weighted by molar-refractivity contribution is 7.88. The maximum Gasteiger partial charge on any atom is 0.294 e. The van der Waals surface area contributed by atoms with E-state index in [1.807, 2.05) is 0 Å². The number of amides is 1. The molecule has 1 amide bonds. The first kappa shape index (κ1) is 21.6. The molecule has 1 saturated heterocycles. The van der Waals surface area contributed by atoms with Crippen LogP contribution in [0.3, 0.4) is 0 Å². The molecule has 1 aliphatic rings. The Morgan fingerprint density at radius 3 is 2.53 bits per heavy atom. The Kier molecular flexibility index (Phi) is 5.48. The van der Waals surface area contributed by atoms with Crippen molar-refractivity contribution in [3.63, 3.8) is 0 Å². The highest BCUT2D eigenvalue weighted by atomic mass is 32.2. The van der Waals surface area contributed by atoms with Crippen LogP contribution in [0, 0.1) is 10.1 Å². The second-order valence-corrected chi connectivity index (χ2v) is 9.24. The van der Waals surface area contributed by atoms with Crippen LogP contribution < -0.4 is 5.56 Å². The summed E-state index contributed by atoms with van der Waals surface area (Å²) in [5.74, 6) is -0.340. The highest BCUT2D eigenvalue weighted by Gasteiger charge is 2.26. The van der Waals surface area contributed by atoms with E-state index in [0.717, 1.165) is 10.8 Å². The zero-order valence-corrected chi connectivity index (χ0v) is 17.8. The Hall–Kier alpha value is -3.65. The molecule has 168 valence electrons. The Labute approximate surface area is 181 Å². The number of carbonyl (C=O) groups is 1. The first-order chi connectivity index (χ1) is 15.2. The monoisotopic (exact) mass is 461 g/mol. The van der Waals surface area contributed by atoms with Crippen molar-refractivity contribution in [2.45, 2.75) is 6.54 Å². The van der Waals surface area contributed by atoms with Gasteiger partial charge < -0.3 is 4.90 Å². The quantitative estimate of drug-likeness (QED) is 0.367. The molecule has 14 heteroatoms. The van der Waals surface area contributed by atoms with Crippen molar-refractivity contribution in [1.82, 2.24) is 28.5 Å². The van der Waals surface area contributed by atoms with E-state index in [1.165, 1.54) is 44.6 Å². The number of hydrogen-bond acceptors (Lipinski definition) is 8. The fraction of sp³-hybridized carbons (Fsp3) is 0.333. The lowest BCUT2D eigenvalue weighted by atomic mass is 10.2. The average Bonchev–Trinajstić information content (AvgIpc) is 3.20. The number of sulfonamides is 1. The first-order valence-corrected chi connectivity index (χ1v) is 11.4. The van der Waals surface area contributed by atoms with Gasteiger partial charge in [0.1, 0.15) is 23.9 Å². The molecule has 3 aromatic rings. The van der Waals surface area contributed by atoms with Crippen molar-refractivity contribution >= 4 is 32.7 Å². The number of nitro benzene ring substituents is 1. The number of piperazine rings is 1. The van der Waals surface area contributed by atoms with Crippen LogP contribution in [0.4, 0.5) is 5.69 Å². The van der Waals surface area contributed by atoms with Gasteiger partial charge in [-0.05, 0) is 6.07 Å². The summed E-state index contributed by atoms with van der Waals surface area (Å²) < 4.78 is 26.9. The zero-order valence-electron chi connectivity index (χ0n) is 17.0. The molecule has 13 nitrogen and oxygen atoms in total. The second-order valence-electron chi connectivity index (χ2n) is 7.26. The summed E-state index contributed by atoms with van der Waals surface area (Å²) in [6.07, 6.45) is 3.57. The first-order valence-electron chi connectivity index (χ1n) is 9.56. The number of fused-ring (bicyclic) bond motifs is 1.